The molecule has 10 heteroatoms. The average Bonchev–Trinajstić information content (AvgIpc) is 2.55. The number of nitrogens with zero attached hydrogens (tertiary/aromatic N) is 2. The van der Waals surface area contributed by atoms with Crippen molar-refractivity contribution in [3.05, 3.63) is 34.4 Å². The zero-order chi connectivity index (χ0) is 17.0. The highest BCUT2D eigenvalue weighted by Gasteiger charge is 2.31. The summed E-state index contributed by atoms with van der Waals surface area (Å²) in [7, 11) is -3.77. The lowest BCUT2D eigenvalue weighted by molar-refractivity contribution is -0.906. The third-order valence-electron chi connectivity index (χ3n) is 3.83. The number of hydrogen-bond acceptors (Lipinski definition) is 6. The predicted molar refractivity (Wildman–Crippen MR) is 80.5 cm³/mol. The largest absolute Gasteiger partial charge is 0.393 e. The zero-order valence-electron chi connectivity index (χ0n) is 12.5. The van der Waals surface area contributed by atoms with Crippen molar-refractivity contribution in [1.29, 1.82) is 0 Å². The Labute approximate surface area is 134 Å². The summed E-state index contributed by atoms with van der Waals surface area (Å²) in [6.07, 6.45) is -0.815. The minimum atomic E-state index is -3.77. The molecule has 0 aliphatic carbocycles. The number of hydrogen-bond donors (Lipinski definition) is 3. The molecule has 0 aromatic heterocycles. The van der Waals surface area contributed by atoms with E-state index in [-0.39, 0.29) is 30.3 Å². The summed E-state index contributed by atoms with van der Waals surface area (Å²) >= 11 is 0. The van der Waals surface area contributed by atoms with Crippen LogP contribution in [0.1, 0.15) is 0 Å². The second-order valence-electron chi connectivity index (χ2n) is 5.45. The summed E-state index contributed by atoms with van der Waals surface area (Å²) in [6, 6.07) is 5.00. The highest BCUT2D eigenvalue weighted by Crippen LogP contribution is 2.20. The SMILES string of the molecule is O=[N+]([O-])c1cccc(S(=O)(=O)N2CC[NH+](C[C@@H](O)CO)CC2)c1. The Bertz CT molecular complexity index is 657. The van der Waals surface area contributed by atoms with Gasteiger partial charge in [0.15, 0.2) is 0 Å². The molecule has 0 saturated carbocycles. The Morgan fingerprint density at radius 2 is 2.00 bits per heavy atom. The van der Waals surface area contributed by atoms with E-state index in [2.05, 4.69) is 0 Å². The van der Waals surface area contributed by atoms with Crippen molar-refractivity contribution in [2.75, 3.05) is 39.3 Å². The number of aliphatic hydroxyl groups excluding tert-OH is 2. The molecule has 0 radical (unpaired) electrons. The van der Waals surface area contributed by atoms with Crippen molar-refractivity contribution in [2.45, 2.75) is 11.0 Å². The molecule has 0 amide bonds. The number of sulfonamides is 1. The van der Waals surface area contributed by atoms with Gasteiger partial charge in [0.25, 0.3) is 5.69 Å². The fraction of sp³-hybridized carbons (Fsp3) is 0.538. The van der Waals surface area contributed by atoms with Gasteiger partial charge in [-0.15, -0.1) is 0 Å². The van der Waals surface area contributed by atoms with E-state index < -0.39 is 21.1 Å². The van der Waals surface area contributed by atoms with E-state index in [0.29, 0.717) is 19.6 Å². The third kappa shape index (κ3) is 4.24. The minimum Gasteiger partial charge on any atom is -0.393 e. The number of non-ortho nitro benzene ring substituents is 1. The Balaban J connectivity index is 2.07. The summed E-state index contributed by atoms with van der Waals surface area (Å²) < 4.78 is 26.4. The lowest BCUT2D eigenvalue weighted by atomic mass is 10.3. The summed E-state index contributed by atoms with van der Waals surface area (Å²) in [5.74, 6) is 0. The summed E-state index contributed by atoms with van der Waals surface area (Å²) in [5, 5.41) is 29.1. The number of rotatable bonds is 6. The Kier molecular flexibility index (Phi) is 5.65. The van der Waals surface area contributed by atoms with Crippen LogP contribution in [0.4, 0.5) is 5.69 Å². The van der Waals surface area contributed by atoms with Gasteiger partial charge in [-0.2, -0.15) is 4.31 Å². The van der Waals surface area contributed by atoms with Gasteiger partial charge in [0.1, 0.15) is 12.6 Å². The van der Waals surface area contributed by atoms with E-state index in [0.717, 1.165) is 11.0 Å². The van der Waals surface area contributed by atoms with Gasteiger partial charge < -0.3 is 15.1 Å². The molecule has 1 aromatic carbocycles. The highest BCUT2D eigenvalue weighted by molar-refractivity contribution is 7.89. The van der Waals surface area contributed by atoms with Crippen molar-refractivity contribution in [2.24, 2.45) is 0 Å². The molecule has 1 heterocycles. The molecule has 1 saturated heterocycles. The van der Waals surface area contributed by atoms with E-state index in [1.807, 2.05) is 0 Å². The van der Waals surface area contributed by atoms with Gasteiger partial charge in [0.05, 0.1) is 42.6 Å². The van der Waals surface area contributed by atoms with Crippen LogP contribution in [0, 0.1) is 10.1 Å². The molecule has 1 atom stereocenters. The number of nitro groups is 1. The average molecular weight is 346 g/mol. The smallest absolute Gasteiger partial charge is 0.270 e. The predicted octanol–water partition coefficient (Wildman–Crippen LogP) is -2.16. The van der Waals surface area contributed by atoms with Crippen LogP contribution >= 0.6 is 0 Å². The van der Waals surface area contributed by atoms with E-state index in [4.69, 9.17) is 5.11 Å². The maximum atomic E-state index is 12.6. The normalized spacial score (nSPS) is 18.7. The molecular formula is C13H20N3O6S+. The molecule has 23 heavy (non-hydrogen) atoms. The summed E-state index contributed by atoms with van der Waals surface area (Å²) in [4.78, 5) is 11.1. The van der Waals surface area contributed by atoms with Crippen LogP contribution in [0.25, 0.3) is 0 Å². The topological polar surface area (TPSA) is 125 Å². The second kappa shape index (κ2) is 7.32. The van der Waals surface area contributed by atoms with Crippen molar-refractivity contribution in [3.63, 3.8) is 0 Å². The van der Waals surface area contributed by atoms with Gasteiger partial charge in [0.2, 0.25) is 10.0 Å². The van der Waals surface area contributed by atoms with Crippen molar-refractivity contribution < 1.29 is 28.5 Å². The number of piperazine rings is 1. The molecule has 3 N–H and O–H groups in total. The number of aliphatic hydroxyl groups is 2. The lowest BCUT2D eigenvalue weighted by Gasteiger charge is -2.32. The molecule has 0 unspecified atom stereocenters. The van der Waals surface area contributed by atoms with Crippen LogP contribution in [-0.2, 0) is 10.0 Å². The van der Waals surface area contributed by atoms with Crippen LogP contribution < -0.4 is 4.90 Å². The molecule has 1 aliphatic rings. The third-order valence-corrected chi connectivity index (χ3v) is 5.73. The van der Waals surface area contributed by atoms with Gasteiger partial charge >= 0.3 is 0 Å². The minimum absolute atomic E-state index is 0.0921. The summed E-state index contributed by atoms with van der Waals surface area (Å²) in [5.41, 5.74) is -0.263. The monoisotopic (exact) mass is 346 g/mol. The molecule has 9 nitrogen and oxygen atoms in total. The first kappa shape index (κ1) is 17.8. The first-order valence-corrected chi connectivity index (χ1v) is 8.65. The second-order valence-corrected chi connectivity index (χ2v) is 7.39. The maximum absolute atomic E-state index is 12.6. The first-order chi connectivity index (χ1) is 10.8. The van der Waals surface area contributed by atoms with Gasteiger partial charge in [-0.05, 0) is 6.07 Å². The van der Waals surface area contributed by atoms with E-state index in [9.17, 15) is 23.6 Å². The number of nitro benzene ring substituents is 1. The van der Waals surface area contributed by atoms with Crippen LogP contribution in [0.3, 0.4) is 0 Å². The fourth-order valence-electron chi connectivity index (χ4n) is 2.55. The van der Waals surface area contributed by atoms with E-state index in [1.54, 1.807) is 0 Å². The number of quaternary nitrogens is 1. The molecule has 0 spiro atoms. The number of benzene rings is 1. The van der Waals surface area contributed by atoms with Crippen LogP contribution in [0.15, 0.2) is 29.2 Å². The molecule has 0 bridgehead atoms. The first-order valence-electron chi connectivity index (χ1n) is 7.21. The van der Waals surface area contributed by atoms with Crippen molar-refractivity contribution in [1.82, 2.24) is 4.31 Å². The highest BCUT2D eigenvalue weighted by atomic mass is 32.2. The van der Waals surface area contributed by atoms with Crippen LogP contribution in [0.5, 0.6) is 0 Å². The van der Waals surface area contributed by atoms with E-state index >= 15 is 0 Å². The Morgan fingerprint density at radius 1 is 1.35 bits per heavy atom. The molecule has 1 fully saturated rings. The number of nitrogens with one attached hydrogen (secondary N) is 1. The van der Waals surface area contributed by atoms with Gasteiger partial charge in [-0.1, -0.05) is 6.07 Å². The molecular weight excluding hydrogens is 326 g/mol. The lowest BCUT2D eigenvalue weighted by Crippen LogP contribution is -3.15. The van der Waals surface area contributed by atoms with Crippen molar-refractivity contribution in [3.8, 4) is 0 Å². The standard InChI is InChI=1S/C13H19N3O6S/c17-10-12(18)9-14-4-6-15(7-5-14)23(21,22)13-3-1-2-11(8-13)16(19)20/h1-3,8,12,17-18H,4-7,9-10H2/p+1/t12-/m1/s1. The Hall–Kier alpha value is -1.59. The molecule has 1 aliphatic heterocycles. The molecule has 2 rings (SSSR count). The Morgan fingerprint density at radius 3 is 2.57 bits per heavy atom. The molecule has 128 valence electrons. The molecule has 1 aromatic rings. The van der Waals surface area contributed by atoms with Crippen LogP contribution in [-0.4, -0.2) is 73.3 Å². The summed E-state index contributed by atoms with van der Waals surface area (Å²) in [6.45, 7) is 1.58. The van der Waals surface area contributed by atoms with Crippen molar-refractivity contribution >= 4 is 15.7 Å². The quantitative estimate of drug-likeness (QED) is 0.398. The van der Waals surface area contributed by atoms with Gasteiger partial charge in [-0.3, -0.25) is 10.1 Å². The maximum Gasteiger partial charge on any atom is 0.270 e. The van der Waals surface area contributed by atoms with Gasteiger partial charge in [-0.25, -0.2) is 8.42 Å². The van der Waals surface area contributed by atoms with Gasteiger partial charge in [0, 0.05) is 12.1 Å². The zero-order valence-corrected chi connectivity index (χ0v) is 13.3. The fourth-order valence-corrected chi connectivity index (χ4v) is 4.03. The van der Waals surface area contributed by atoms with E-state index in [1.165, 1.54) is 22.5 Å². The van der Waals surface area contributed by atoms with Crippen LogP contribution in [0.2, 0.25) is 0 Å².